The number of nitriles is 1. The number of benzene rings is 1. The smallest absolute Gasteiger partial charge is 0.159 e. The summed E-state index contributed by atoms with van der Waals surface area (Å²) in [7, 11) is 0. The van der Waals surface area contributed by atoms with Gasteiger partial charge in [-0.2, -0.15) is 5.26 Å². The Morgan fingerprint density at radius 1 is 1.04 bits per heavy atom. The number of imidazole rings is 1. The lowest BCUT2D eigenvalue weighted by Gasteiger charge is -2.21. The van der Waals surface area contributed by atoms with Crippen molar-refractivity contribution in [1.82, 2.24) is 14.5 Å². The molecule has 0 unspecified atom stereocenters. The van der Waals surface area contributed by atoms with E-state index in [0.29, 0.717) is 11.4 Å². The molecule has 0 aliphatic carbocycles. The standard InChI is InChI=1S/C21H21FN4/c1-13(2)17-10-24-11-18(14(3)4)20(17)26-12-15(9-23)25-21(26)16-7-5-6-8-19(16)22/h5-8,10-14H,1-4H3. The summed E-state index contributed by atoms with van der Waals surface area (Å²) in [5, 5.41) is 9.36. The van der Waals surface area contributed by atoms with Crippen molar-refractivity contribution < 1.29 is 4.39 Å². The Hall–Kier alpha value is -3.00. The fourth-order valence-electron chi connectivity index (χ4n) is 3.05. The third-order valence-corrected chi connectivity index (χ3v) is 4.39. The predicted octanol–water partition coefficient (Wildman–Crippen LogP) is 5.19. The lowest BCUT2D eigenvalue weighted by molar-refractivity contribution is 0.629. The van der Waals surface area contributed by atoms with E-state index >= 15 is 0 Å². The zero-order valence-electron chi connectivity index (χ0n) is 15.4. The molecule has 2 aromatic heterocycles. The van der Waals surface area contributed by atoms with Gasteiger partial charge >= 0.3 is 0 Å². The van der Waals surface area contributed by atoms with Crippen LogP contribution in [0.25, 0.3) is 17.1 Å². The molecule has 26 heavy (non-hydrogen) atoms. The molecule has 0 bridgehead atoms. The van der Waals surface area contributed by atoms with Gasteiger partial charge in [0.15, 0.2) is 5.69 Å². The molecule has 1 aromatic carbocycles. The van der Waals surface area contributed by atoms with Crippen LogP contribution in [-0.2, 0) is 0 Å². The summed E-state index contributed by atoms with van der Waals surface area (Å²) < 4.78 is 16.3. The van der Waals surface area contributed by atoms with Gasteiger partial charge in [-0.25, -0.2) is 9.37 Å². The molecule has 0 amide bonds. The number of halogens is 1. The van der Waals surface area contributed by atoms with E-state index < -0.39 is 0 Å². The van der Waals surface area contributed by atoms with Crippen molar-refractivity contribution in [2.24, 2.45) is 0 Å². The minimum Gasteiger partial charge on any atom is -0.298 e. The monoisotopic (exact) mass is 348 g/mol. The summed E-state index contributed by atoms with van der Waals surface area (Å²) in [6.07, 6.45) is 5.35. The number of nitrogens with zero attached hydrogens (tertiary/aromatic N) is 4. The number of rotatable bonds is 4. The Bertz CT molecular complexity index is 954. The van der Waals surface area contributed by atoms with Crippen LogP contribution in [0.4, 0.5) is 4.39 Å². The summed E-state index contributed by atoms with van der Waals surface area (Å²) in [5.74, 6) is 0.500. The lowest BCUT2D eigenvalue weighted by atomic mass is 9.95. The molecule has 0 aliphatic heterocycles. The van der Waals surface area contributed by atoms with Crippen molar-refractivity contribution in [2.75, 3.05) is 0 Å². The first-order valence-corrected chi connectivity index (χ1v) is 8.66. The third-order valence-electron chi connectivity index (χ3n) is 4.39. The van der Waals surface area contributed by atoms with Crippen LogP contribution in [0.5, 0.6) is 0 Å². The Labute approximate surface area is 153 Å². The van der Waals surface area contributed by atoms with E-state index in [0.717, 1.165) is 16.8 Å². The molecule has 0 saturated heterocycles. The van der Waals surface area contributed by atoms with Gasteiger partial charge in [0, 0.05) is 18.6 Å². The van der Waals surface area contributed by atoms with Crippen molar-refractivity contribution in [3.05, 3.63) is 65.5 Å². The van der Waals surface area contributed by atoms with Gasteiger partial charge in [0.2, 0.25) is 0 Å². The number of aromatic nitrogens is 3. The van der Waals surface area contributed by atoms with Gasteiger partial charge in [0.25, 0.3) is 0 Å². The quantitative estimate of drug-likeness (QED) is 0.652. The van der Waals surface area contributed by atoms with Crippen LogP contribution in [0, 0.1) is 17.1 Å². The highest BCUT2D eigenvalue weighted by Crippen LogP contribution is 2.34. The van der Waals surface area contributed by atoms with Crippen molar-refractivity contribution in [3.63, 3.8) is 0 Å². The molecular formula is C21H21FN4. The van der Waals surface area contributed by atoms with Crippen LogP contribution in [0.2, 0.25) is 0 Å². The molecule has 0 saturated carbocycles. The third kappa shape index (κ3) is 3.11. The topological polar surface area (TPSA) is 54.5 Å². The van der Waals surface area contributed by atoms with Gasteiger partial charge in [-0.15, -0.1) is 0 Å². The van der Waals surface area contributed by atoms with Gasteiger partial charge < -0.3 is 0 Å². The first kappa shape index (κ1) is 17.8. The molecule has 3 aromatic rings. The zero-order chi connectivity index (χ0) is 18.8. The highest BCUT2D eigenvalue weighted by atomic mass is 19.1. The fraction of sp³-hybridized carbons (Fsp3) is 0.286. The average Bonchev–Trinajstić information content (AvgIpc) is 3.05. The van der Waals surface area contributed by atoms with Crippen molar-refractivity contribution in [3.8, 4) is 23.1 Å². The van der Waals surface area contributed by atoms with Gasteiger partial charge in [-0.3, -0.25) is 9.55 Å². The van der Waals surface area contributed by atoms with E-state index in [9.17, 15) is 9.65 Å². The minimum absolute atomic E-state index is 0.220. The minimum atomic E-state index is -0.366. The van der Waals surface area contributed by atoms with E-state index in [1.807, 2.05) is 17.0 Å². The highest BCUT2D eigenvalue weighted by Gasteiger charge is 2.22. The molecule has 2 heterocycles. The Morgan fingerprint density at radius 3 is 2.19 bits per heavy atom. The van der Waals surface area contributed by atoms with Crippen LogP contribution in [0.3, 0.4) is 0 Å². The summed E-state index contributed by atoms with van der Waals surface area (Å²) >= 11 is 0. The van der Waals surface area contributed by atoms with Crippen LogP contribution in [0.15, 0.2) is 42.9 Å². The summed E-state index contributed by atoms with van der Waals surface area (Å²) in [4.78, 5) is 8.77. The molecule has 0 fully saturated rings. The number of hydrogen-bond donors (Lipinski definition) is 0. The Morgan fingerprint density at radius 2 is 1.65 bits per heavy atom. The maximum atomic E-state index is 14.5. The predicted molar refractivity (Wildman–Crippen MR) is 99.6 cm³/mol. The molecule has 0 atom stereocenters. The first-order chi connectivity index (χ1) is 12.4. The highest BCUT2D eigenvalue weighted by molar-refractivity contribution is 5.63. The van der Waals surface area contributed by atoms with E-state index in [2.05, 4.69) is 43.7 Å². The molecule has 5 heteroatoms. The van der Waals surface area contributed by atoms with E-state index in [1.54, 1.807) is 24.4 Å². The lowest BCUT2D eigenvalue weighted by Crippen LogP contribution is -2.09. The summed E-state index contributed by atoms with van der Waals surface area (Å²) in [6.45, 7) is 8.37. The van der Waals surface area contributed by atoms with Crippen LogP contribution in [-0.4, -0.2) is 14.5 Å². The van der Waals surface area contributed by atoms with Crippen LogP contribution in [0.1, 0.15) is 56.4 Å². The van der Waals surface area contributed by atoms with Crippen LogP contribution < -0.4 is 0 Å². The van der Waals surface area contributed by atoms with E-state index in [4.69, 9.17) is 0 Å². The van der Waals surface area contributed by atoms with Crippen molar-refractivity contribution in [1.29, 1.82) is 5.26 Å². The second-order valence-corrected chi connectivity index (χ2v) is 6.89. The van der Waals surface area contributed by atoms with Gasteiger partial charge in [0.05, 0.1) is 11.3 Å². The average molecular weight is 348 g/mol. The van der Waals surface area contributed by atoms with Gasteiger partial charge in [-0.05, 0) is 35.1 Å². The second-order valence-electron chi connectivity index (χ2n) is 6.89. The summed E-state index contributed by atoms with van der Waals surface area (Å²) in [6, 6.07) is 8.57. The summed E-state index contributed by atoms with van der Waals surface area (Å²) in [5.41, 5.74) is 3.63. The maximum Gasteiger partial charge on any atom is 0.159 e. The Kier molecular flexibility index (Phi) is 4.85. The first-order valence-electron chi connectivity index (χ1n) is 8.66. The molecule has 3 rings (SSSR count). The van der Waals surface area contributed by atoms with E-state index in [1.165, 1.54) is 6.07 Å². The fourth-order valence-corrected chi connectivity index (χ4v) is 3.05. The zero-order valence-corrected chi connectivity index (χ0v) is 15.4. The second kappa shape index (κ2) is 7.09. The van der Waals surface area contributed by atoms with E-state index in [-0.39, 0.29) is 23.3 Å². The number of pyridine rings is 1. The van der Waals surface area contributed by atoms with Crippen molar-refractivity contribution in [2.45, 2.75) is 39.5 Å². The SMILES string of the molecule is CC(C)c1cncc(C(C)C)c1-n1cc(C#N)nc1-c1ccccc1F. The molecule has 0 spiro atoms. The molecule has 0 aliphatic rings. The van der Waals surface area contributed by atoms with Crippen molar-refractivity contribution >= 4 is 0 Å². The normalized spacial score (nSPS) is 11.2. The number of hydrogen-bond acceptors (Lipinski definition) is 3. The molecule has 0 N–H and O–H groups in total. The molecular weight excluding hydrogens is 327 g/mol. The Balaban J connectivity index is 2.38. The molecule has 0 radical (unpaired) electrons. The molecule has 132 valence electrons. The van der Waals surface area contributed by atoms with Gasteiger partial charge in [-0.1, -0.05) is 39.8 Å². The van der Waals surface area contributed by atoms with Gasteiger partial charge in [0.1, 0.15) is 17.7 Å². The maximum absolute atomic E-state index is 14.5. The largest absolute Gasteiger partial charge is 0.298 e. The molecule has 4 nitrogen and oxygen atoms in total. The van der Waals surface area contributed by atoms with Crippen LogP contribution >= 0.6 is 0 Å².